The lowest BCUT2D eigenvalue weighted by molar-refractivity contribution is 0.103. The number of hydrogen-bond acceptors (Lipinski definition) is 3. The first-order valence-electron chi connectivity index (χ1n) is 4.93. The lowest BCUT2D eigenvalue weighted by Crippen LogP contribution is -1.97. The van der Waals surface area contributed by atoms with Gasteiger partial charge in [0.2, 0.25) is 0 Å². The SMILES string of the molecule is COc1cccc(OSCC2CC2(F)F)c1. The van der Waals surface area contributed by atoms with Gasteiger partial charge in [0.1, 0.15) is 11.5 Å². The maximum absolute atomic E-state index is 12.6. The third-order valence-corrected chi connectivity index (χ3v) is 3.27. The van der Waals surface area contributed by atoms with E-state index in [2.05, 4.69) is 0 Å². The van der Waals surface area contributed by atoms with Crippen molar-refractivity contribution < 1.29 is 17.7 Å². The van der Waals surface area contributed by atoms with Gasteiger partial charge in [-0.05, 0) is 12.1 Å². The Morgan fingerprint density at radius 3 is 2.75 bits per heavy atom. The molecule has 0 bridgehead atoms. The van der Waals surface area contributed by atoms with Crippen molar-refractivity contribution in [3.63, 3.8) is 0 Å². The van der Waals surface area contributed by atoms with E-state index in [1.54, 1.807) is 31.4 Å². The normalized spacial score (nSPS) is 21.6. The molecule has 0 N–H and O–H groups in total. The van der Waals surface area contributed by atoms with E-state index in [0.29, 0.717) is 17.3 Å². The zero-order valence-electron chi connectivity index (χ0n) is 8.78. The molecular weight excluding hydrogens is 234 g/mol. The van der Waals surface area contributed by atoms with Crippen molar-refractivity contribution in [2.75, 3.05) is 12.9 Å². The highest BCUT2D eigenvalue weighted by Crippen LogP contribution is 2.50. The van der Waals surface area contributed by atoms with E-state index in [9.17, 15) is 8.78 Å². The summed E-state index contributed by atoms with van der Waals surface area (Å²) in [7, 11) is 1.57. The summed E-state index contributed by atoms with van der Waals surface area (Å²) in [4.78, 5) is 0. The number of methoxy groups -OCH3 is 1. The summed E-state index contributed by atoms with van der Waals surface area (Å²) in [6.45, 7) is 0. The van der Waals surface area contributed by atoms with E-state index >= 15 is 0 Å². The molecule has 0 aromatic heterocycles. The highest BCUT2D eigenvalue weighted by molar-refractivity contribution is 7.95. The fourth-order valence-electron chi connectivity index (χ4n) is 1.29. The Balaban J connectivity index is 1.77. The number of rotatable bonds is 5. The van der Waals surface area contributed by atoms with E-state index in [-0.39, 0.29) is 6.42 Å². The van der Waals surface area contributed by atoms with Gasteiger partial charge in [-0.25, -0.2) is 8.78 Å². The van der Waals surface area contributed by atoms with Crippen LogP contribution in [0.4, 0.5) is 8.78 Å². The molecule has 16 heavy (non-hydrogen) atoms. The Morgan fingerprint density at radius 1 is 1.44 bits per heavy atom. The van der Waals surface area contributed by atoms with Crippen LogP contribution in [0, 0.1) is 5.92 Å². The molecule has 0 spiro atoms. The number of alkyl halides is 2. The highest BCUT2D eigenvalue weighted by Gasteiger charge is 2.56. The Kier molecular flexibility index (Phi) is 3.23. The van der Waals surface area contributed by atoms with E-state index in [1.807, 2.05) is 0 Å². The molecule has 0 radical (unpaired) electrons. The Hall–Kier alpha value is -0.970. The number of benzene rings is 1. The van der Waals surface area contributed by atoms with Crippen LogP contribution in [0.2, 0.25) is 0 Å². The van der Waals surface area contributed by atoms with Crippen LogP contribution in [-0.4, -0.2) is 18.8 Å². The smallest absolute Gasteiger partial charge is 0.252 e. The molecule has 1 fully saturated rings. The van der Waals surface area contributed by atoms with Crippen molar-refractivity contribution >= 4 is 12.0 Å². The summed E-state index contributed by atoms with van der Waals surface area (Å²) in [6.07, 6.45) is -0.0124. The fourth-order valence-corrected chi connectivity index (χ4v) is 2.12. The van der Waals surface area contributed by atoms with Crippen molar-refractivity contribution in [2.24, 2.45) is 5.92 Å². The van der Waals surface area contributed by atoms with Gasteiger partial charge in [-0.15, -0.1) is 0 Å². The summed E-state index contributed by atoms with van der Waals surface area (Å²) >= 11 is 1.06. The van der Waals surface area contributed by atoms with Crippen LogP contribution in [0.15, 0.2) is 24.3 Å². The molecule has 1 aliphatic carbocycles. The maximum Gasteiger partial charge on any atom is 0.252 e. The van der Waals surface area contributed by atoms with Crippen LogP contribution in [0.5, 0.6) is 11.5 Å². The summed E-state index contributed by atoms with van der Waals surface area (Å²) in [5, 5.41) is 0. The Labute approximate surface area is 97.1 Å². The molecule has 2 nitrogen and oxygen atoms in total. The lowest BCUT2D eigenvalue weighted by Gasteiger charge is -2.05. The second-order valence-corrected chi connectivity index (χ2v) is 4.44. The Morgan fingerprint density at radius 2 is 2.12 bits per heavy atom. The topological polar surface area (TPSA) is 18.5 Å². The van der Waals surface area contributed by atoms with Crippen LogP contribution in [0.3, 0.4) is 0 Å². The number of ether oxygens (including phenoxy) is 1. The standard InChI is InChI=1S/C11H12F2O2S/c1-14-9-3-2-4-10(5-9)15-16-7-8-6-11(8,12)13/h2-5,8H,6-7H2,1H3. The molecule has 1 aromatic carbocycles. The zero-order chi connectivity index (χ0) is 11.6. The summed E-state index contributed by atoms with van der Waals surface area (Å²) in [6, 6.07) is 7.08. The van der Waals surface area contributed by atoms with Crippen LogP contribution in [0.25, 0.3) is 0 Å². The molecule has 1 aromatic rings. The monoisotopic (exact) mass is 246 g/mol. The van der Waals surface area contributed by atoms with E-state index in [0.717, 1.165) is 12.0 Å². The molecule has 1 saturated carbocycles. The first-order valence-corrected chi connectivity index (χ1v) is 5.84. The van der Waals surface area contributed by atoms with Crippen molar-refractivity contribution in [3.05, 3.63) is 24.3 Å². The second-order valence-electron chi connectivity index (χ2n) is 3.71. The van der Waals surface area contributed by atoms with Crippen molar-refractivity contribution in [1.29, 1.82) is 0 Å². The molecule has 1 unspecified atom stereocenters. The average Bonchev–Trinajstić information content (AvgIpc) is 2.87. The zero-order valence-corrected chi connectivity index (χ0v) is 9.60. The second kappa shape index (κ2) is 4.49. The minimum atomic E-state index is -2.47. The number of halogens is 2. The molecule has 1 atom stereocenters. The quantitative estimate of drug-likeness (QED) is 0.742. The minimum Gasteiger partial charge on any atom is -0.497 e. The third kappa shape index (κ3) is 2.78. The van der Waals surface area contributed by atoms with Gasteiger partial charge >= 0.3 is 0 Å². The molecule has 0 aliphatic heterocycles. The van der Waals surface area contributed by atoms with Crippen LogP contribution in [0.1, 0.15) is 6.42 Å². The van der Waals surface area contributed by atoms with Gasteiger partial charge in [0.15, 0.2) is 0 Å². The summed E-state index contributed by atoms with van der Waals surface area (Å²) < 4.78 is 35.4. The maximum atomic E-state index is 12.6. The van der Waals surface area contributed by atoms with E-state index < -0.39 is 11.8 Å². The van der Waals surface area contributed by atoms with Crippen LogP contribution in [-0.2, 0) is 0 Å². The van der Waals surface area contributed by atoms with E-state index in [4.69, 9.17) is 8.92 Å². The van der Waals surface area contributed by atoms with E-state index in [1.165, 1.54) is 0 Å². The van der Waals surface area contributed by atoms with Gasteiger partial charge in [0.25, 0.3) is 5.92 Å². The molecule has 2 rings (SSSR count). The molecule has 0 amide bonds. The minimum absolute atomic E-state index is 0.0124. The molecule has 5 heteroatoms. The Bertz CT molecular complexity index is 371. The van der Waals surface area contributed by atoms with Crippen molar-refractivity contribution in [3.8, 4) is 11.5 Å². The first-order chi connectivity index (χ1) is 7.62. The molecule has 1 aliphatic rings. The average molecular weight is 246 g/mol. The first kappa shape index (κ1) is 11.5. The van der Waals surface area contributed by atoms with Gasteiger partial charge in [-0.3, -0.25) is 0 Å². The van der Waals surface area contributed by atoms with Crippen LogP contribution >= 0.6 is 12.0 Å². The molecule has 0 saturated heterocycles. The van der Waals surface area contributed by atoms with Gasteiger partial charge in [-0.1, -0.05) is 6.07 Å². The summed E-state index contributed by atoms with van der Waals surface area (Å²) in [5.41, 5.74) is 0. The van der Waals surface area contributed by atoms with Gasteiger partial charge in [0.05, 0.1) is 19.2 Å². The van der Waals surface area contributed by atoms with Gasteiger partial charge in [0, 0.05) is 24.2 Å². The predicted octanol–water partition coefficient (Wildman–Crippen LogP) is 3.38. The van der Waals surface area contributed by atoms with Crippen LogP contribution < -0.4 is 8.92 Å². The molecule has 88 valence electrons. The summed E-state index contributed by atoms with van der Waals surface area (Å²) in [5.74, 6) is -1.36. The van der Waals surface area contributed by atoms with Crippen molar-refractivity contribution in [2.45, 2.75) is 12.3 Å². The van der Waals surface area contributed by atoms with Crippen molar-refractivity contribution in [1.82, 2.24) is 0 Å². The van der Waals surface area contributed by atoms with Gasteiger partial charge in [-0.2, -0.15) is 0 Å². The highest BCUT2D eigenvalue weighted by atomic mass is 32.2. The molecular formula is C11H12F2O2S. The lowest BCUT2D eigenvalue weighted by atomic mass is 10.3. The molecule has 0 heterocycles. The van der Waals surface area contributed by atoms with Gasteiger partial charge < -0.3 is 8.92 Å². The largest absolute Gasteiger partial charge is 0.497 e. The number of hydrogen-bond donors (Lipinski definition) is 0. The fraction of sp³-hybridized carbons (Fsp3) is 0.455. The third-order valence-electron chi connectivity index (χ3n) is 2.42. The predicted molar refractivity (Wildman–Crippen MR) is 59.1 cm³/mol.